The number of aliphatic hydroxyl groups excluding tert-OH is 1. The van der Waals surface area contributed by atoms with Gasteiger partial charge >= 0.3 is 0 Å². The first-order valence-electron chi connectivity index (χ1n) is 5.72. The highest BCUT2D eigenvalue weighted by atomic mass is 32.1. The van der Waals surface area contributed by atoms with Crippen molar-refractivity contribution in [3.63, 3.8) is 0 Å². The van der Waals surface area contributed by atoms with Crippen LogP contribution in [0.1, 0.15) is 30.7 Å². The SMILES string of the molecule is CCOC1(C(O)c2cccs2)CCOCC1. The van der Waals surface area contributed by atoms with Crippen molar-refractivity contribution in [2.45, 2.75) is 31.5 Å². The lowest BCUT2D eigenvalue weighted by Gasteiger charge is -2.40. The van der Waals surface area contributed by atoms with Crippen LogP contribution < -0.4 is 0 Å². The van der Waals surface area contributed by atoms with E-state index >= 15 is 0 Å². The van der Waals surface area contributed by atoms with Gasteiger partial charge in [0, 0.05) is 37.5 Å². The number of ether oxygens (including phenoxy) is 2. The van der Waals surface area contributed by atoms with E-state index in [1.54, 1.807) is 11.3 Å². The maximum Gasteiger partial charge on any atom is 0.117 e. The standard InChI is InChI=1S/C12H18O3S/c1-2-15-12(5-7-14-8-6-12)11(13)10-4-3-9-16-10/h3-4,9,11,13H,2,5-8H2,1H3. The van der Waals surface area contributed by atoms with Gasteiger partial charge in [-0.1, -0.05) is 6.07 Å². The van der Waals surface area contributed by atoms with E-state index in [4.69, 9.17) is 9.47 Å². The lowest BCUT2D eigenvalue weighted by molar-refractivity contribution is -0.167. The van der Waals surface area contributed by atoms with Gasteiger partial charge in [-0.15, -0.1) is 11.3 Å². The second kappa shape index (κ2) is 5.27. The number of hydrogen-bond donors (Lipinski definition) is 1. The van der Waals surface area contributed by atoms with E-state index in [1.165, 1.54) is 0 Å². The Labute approximate surface area is 100 Å². The fraction of sp³-hybridized carbons (Fsp3) is 0.667. The molecule has 4 heteroatoms. The Bertz CT molecular complexity index is 299. The Morgan fingerprint density at radius 2 is 2.31 bits per heavy atom. The fourth-order valence-corrected chi connectivity index (χ4v) is 3.02. The van der Waals surface area contributed by atoms with E-state index in [0.717, 1.165) is 17.7 Å². The van der Waals surface area contributed by atoms with Crippen LogP contribution in [0.2, 0.25) is 0 Å². The van der Waals surface area contributed by atoms with Gasteiger partial charge in [-0.05, 0) is 18.4 Å². The molecule has 1 fully saturated rings. The number of thiophene rings is 1. The highest BCUT2D eigenvalue weighted by molar-refractivity contribution is 7.10. The summed E-state index contributed by atoms with van der Waals surface area (Å²) in [5.74, 6) is 0. The summed E-state index contributed by atoms with van der Waals surface area (Å²) in [5, 5.41) is 12.4. The van der Waals surface area contributed by atoms with Crippen LogP contribution in [0.25, 0.3) is 0 Å². The second-order valence-electron chi connectivity index (χ2n) is 4.03. The average Bonchev–Trinajstić information content (AvgIpc) is 2.83. The Kier molecular flexibility index (Phi) is 3.97. The summed E-state index contributed by atoms with van der Waals surface area (Å²) in [6.45, 7) is 3.94. The lowest BCUT2D eigenvalue weighted by atomic mass is 9.87. The Hall–Kier alpha value is -0.420. The van der Waals surface area contributed by atoms with Crippen molar-refractivity contribution in [2.75, 3.05) is 19.8 Å². The van der Waals surface area contributed by atoms with Crippen LogP contribution in [0.15, 0.2) is 17.5 Å². The van der Waals surface area contributed by atoms with Gasteiger partial charge in [0.2, 0.25) is 0 Å². The van der Waals surface area contributed by atoms with E-state index in [0.29, 0.717) is 19.8 Å². The van der Waals surface area contributed by atoms with Gasteiger partial charge in [0.1, 0.15) is 11.7 Å². The summed E-state index contributed by atoms with van der Waals surface area (Å²) in [6.07, 6.45) is 0.996. The van der Waals surface area contributed by atoms with Crippen molar-refractivity contribution in [3.8, 4) is 0 Å². The van der Waals surface area contributed by atoms with Crippen LogP contribution in [-0.2, 0) is 9.47 Å². The molecule has 90 valence electrons. The van der Waals surface area contributed by atoms with Gasteiger partial charge in [-0.2, -0.15) is 0 Å². The minimum absolute atomic E-state index is 0.447. The third kappa shape index (κ3) is 2.30. The molecule has 1 aliphatic rings. The summed E-state index contributed by atoms with van der Waals surface area (Å²) in [5.41, 5.74) is -0.447. The number of rotatable bonds is 4. The normalized spacial score (nSPS) is 21.9. The van der Waals surface area contributed by atoms with Crippen molar-refractivity contribution in [1.29, 1.82) is 0 Å². The summed E-state index contributed by atoms with van der Waals surface area (Å²) in [7, 11) is 0. The fourth-order valence-electron chi connectivity index (χ4n) is 2.21. The monoisotopic (exact) mass is 242 g/mol. The van der Waals surface area contributed by atoms with Gasteiger partial charge in [0.05, 0.1) is 0 Å². The predicted molar refractivity (Wildman–Crippen MR) is 63.7 cm³/mol. The molecule has 0 bridgehead atoms. The summed E-state index contributed by atoms with van der Waals surface area (Å²) >= 11 is 1.58. The molecule has 1 saturated heterocycles. The third-order valence-electron chi connectivity index (χ3n) is 3.08. The molecular formula is C12H18O3S. The minimum atomic E-state index is -0.531. The molecule has 1 N–H and O–H groups in total. The predicted octanol–water partition coefficient (Wildman–Crippen LogP) is 2.37. The molecule has 2 heterocycles. The summed E-state index contributed by atoms with van der Waals surface area (Å²) in [6, 6.07) is 3.92. The molecule has 0 radical (unpaired) electrons. The van der Waals surface area contributed by atoms with Gasteiger partial charge in [-0.3, -0.25) is 0 Å². The molecule has 3 nitrogen and oxygen atoms in total. The Morgan fingerprint density at radius 3 is 2.88 bits per heavy atom. The molecule has 0 aromatic carbocycles. The van der Waals surface area contributed by atoms with Crippen molar-refractivity contribution < 1.29 is 14.6 Å². The topological polar surface area (TPSA) is 38.7 Å². The van der Waals surface area contributed by atoms with E-state index in [2.05, 4.69) is 0 Å². The van der Waals surface area contributed by atoms with Crippen molar-refractivity contribution in [3.05, 3.63) is 22.4 Å². The molecule has 0 aliphatic carbocycles. The first kappa shape index (κ1) is 12.0. The van der Waals surface area contributed by atoms with Gasteiger partial charge in [0.15, 0.2) is 0 Å². The minimum Gasteiger partial charge on any atom is -0.385 e. The maximum absolute atomic E-state index is 10.4. The first-order valence-corrected chi connectivity index (χ1v) is 6.59. The Morgan fingerprint density at radius 1 is 1.56 bits per heavy atom. The number of aliphatic hydroxyl groups is 1. The van der Waals surface area contributed by atoms with Gasteiger partial charge < -0.3 is 14.6 Å². The molecule has 1 atom stereocenters. The molecule has 0 amide bonds. The highest BCUT2D eigenvalue weighted by Gasteiger charge is 2.41. The zero-order chi connectivity index (χ0) is 11.4. The molecule has 0 spiro atoms. The van der Waals surface area contributed by atoms with Crippen LogP contribution in [-0.4, -0.2) is 30.5 Å². The van der Waals surface area contributed by atoms with Crippen LogP contribution in [0.4, 0.5) is 0 Å². The van der Waals surface area contributed by atoms with Crippen LogP contribution in [0.3, 0.4) is 0 Å². The van der Waals surface area contributed by atoms with E-state index in [9.17, 15) is 5.11 Å². The molecule has 16 heavy (non-hydrogen) atoms. The van der Waals surface area contributed by atoms with Gasteiger partial charge in [0.25, 0.3) is 0 Å². The first-order chi connectivity index (χ1) is 7.78. The summed E-state index contributed by atoms with van der Waals surface area (Å²) in [4.78, 5) is 0.982. The third-order valence-corrected chi connectivity index (χ3v) is 4.01. The molecule has 1 aliphatic heterocycles. The number of hydrogen-bond acceptors (Lipinski definition) is 4. The Balaban J connectivity index is 2.17. The van der Waals surface area contributed by atoms with Crippen molar-refractivity contribution in [1.82, 2.24) is 0 Å². The van der Waals surface area contributed by atoms with Crippen LogP contribution >= 0.6 is 11.3 Å². The molecule has 1 aromatic rings. The van der Waals surface area contributed by atoms with E-state index in [1.807, 2.05) is 24.4 Å². The van der Waals surface area contributed by atoms with Gasteiger partial charge in [-0.25, -0.2) is 0 Å². The average molecular weight is 242 g/mol. The van der Waals surface area contributed by atoms with Crippen molar-refractivity contribution in [2.24, 2.45) is 0 Å². The highest BCUT2D eigenvalue weighted by Crippen LogP contribution is 2.39. The quantitative estimate of drug-likeness (QED) is 0.881. The van der Waals surface area contributed by atoms with Crippen LogP contribution in [0.5, 0.6) is 0 Å². The molecule has 2 rings (SSSR count). The lowest BCUT2D eigenvalue weighted by Crippen LogP contribution is -2.44. The molecule has 1 unspecified atom stereocenters. The van der Waals surface area contributed by atoms with E-state index in [-0.39, 0.29) is 0 Å². The smallest absolute Gasteiger partial charge is 0.117 e. The van der Waals surface area contributed by atoms with Crippen molar-refractivity contribution >= 4 is 11.3 Å². The zero-order valence-electron chi connectivity index (χ0n) is 9.52. The molecule has 1 aromatic heterocycles. The summed E-state index contributed by atoms with van der Waals surface area (Å²) < 4.78 is 11.2. The zero-order valence-corrected chi connectivity index (χ0v) is 10.3. The molecular weight excluding hydrogens is 224 g/mol. The maximum atomic E-state index is 10.4. The van der Waals surface area contributed by atoms with E-state index < -0.39 is 11.7 Å². The largest absolute Gasteiger partial charge is 0.385 e. The second-order valence-corrected chi connectivity index (χ2v) is 5.01. The molecule has 0 saturated carbocycles. The van der Waals surface area contributed by atoms with Crippen LogP contribution in [0, 0.1) is 0 Å².